The molecule has 14 heteroatoms. The first-order valence-corrected chi connectivity index (χ1v) is 16.4. The molecule has 3 atom stereocenters. The zero-order valence-electron chi connectivity index (χ0n) is 26.7. The number of carbonyl (C=O) groups is 6. The van der Waals surface area contributed by atoms with Gasteiger partial charge in [0.25, 0.3) is 0 Å². The zero-order chi connectivity index (χ0) is 33.9. The summed E-state index contributed by atoms with van der Waals surface area (Å²) in [6.07, 6.45) is 5.04. The third-order valence-corrected chi connectivity index (χ3v) is 7.92. The summed E-state index contributed by atoms with van der Waals surface area (Å²) in [5.41, 5.74) is 0.805. The first-order valence-electron chi connectivity index (χ1n) is 16.4. The van der Waals surface area contributed by atoms with Crippen molar-refractivity contribution in [2.75, 3.05) is 26.3 Å². The number of rotatable bonds is 17. The molecule has 0 saturated heterocycles. The lowest BCUT2D eigenvalue weighted by atomic mass is 9.81. The van der Waals surface area contributed by atoms with E-state index in [0.29, 0.717) is 12.8 Å². The van der Waals surface area contributed by atoms with Crippen LogP contribution in [0.25, 0.3) is 0 Å². The van der Waals surface area contributed by atoms with E-state index in [1.807, 2.05) is 30.3 Å². The maximum Gasteiger partial charge on any atom is 0.407 e. The van der Waals surface area contributed by atoms with Crippen LogP contribution in [0, 0.1) is 5.92 Å². The smallest absolute Gasteiger partial charge is 0.407 e. The van der Waals surface area contributed by atoms with Gasteiger partial charge in [-0.15, -0.1) is 0 Å². The fourth-order valence-electron chi connectivity index (χ4n) is 5.61. The Bertz CT molecular complexity index is 1170. The third kappa shape index (κ3) is 15.2. The maximum absolute atomic E-state index is 12.8. The van der Waals surface area contributed by atoms with Crippen LogP contribution in [0.1, 0.15) is 95.1 Å². The highest BCUT2D eigenvalue weighted by atomic mass is 16.6. The van der Waals surface area contributed by atoms with Crippen LogP contribution in [-0.2, 0) is 42.9 Å². The van der Waals surface area contributed by atoms with Gasteiger partial charge in [-0.1, -0.05) is 36.8 Å². The van der Waals surface area contributed by atoms with E-state index in [2.05, 4.69) is 10.6 Å². The molecule has 3 rings (SSSR count). The lowest BCUT2D eigenvalue weighted by molar-refractivity contribution is -0.155. The molecule has 3 unspecified atom stereocenters. The van der Waals surface area contributed by atoms with Gasteiger partial charge in [-0.2, -0.15) is 0 Å². The lowest BCUT2D eigenvalue weighted by Crippen LogP contribution is -2.36. The summed E-state index contributed by atoms with van der Waals surface area (Å²) in [6.45, 7) is -0.820. The predicted octanol–water partition coefficient (Wildman–Crippen LogP) is 4.35. The number of hydrogen-bond acceptors (Lipinski definition) is 11. The molecular formula is C33H46N2O12. The highest BCUT2D eigenvalue weighted by molar-refractivity contribution is 5.78. The summed E-state index contributed by atoms with van der Waals surface area (Å²) in [7, 11) is 0. The number of alkyl carbamates (subject to hydrolysis) is 2. The Morgan fingerprint density at radius 1 is 0.702 bits per heavy atom. The summed E-state index contributed by atoms with van der Waals surface area (Å²) in [5.74, 6) is -2.93. The Hall–Kier alpha value is -4.36. The molecule has 2 saturated carbocycles. The fourth-order valence-corrected chi connectivity index (χ4v) is 5.61. The Morgan fingerprint density at radius 3 is 1.89 bits per heavy atom. The van der Waals surface area contributed by atoms with Crippen molar-refractivity contribution in [1.29, 1.82) is 0 Å². The van der Waals surface area contributed by atoms with Gasteiger partial charge in [-0.25, -0.2) is 9.59 Å². The van der Waals surface area contributed by atoms with Gasteiger partial charge in [-0.05, 0) is 69.8 Å². The standard InChI is InChI=1S/C33H46N2O12/c36-27(37)16-8-18-43-29(39)22-35-33(42)46-26-15-7-12-24(20-26)31(23-10-3-1-4-11-23)47-28(38)17-9-19-44-30(40)21-34-32(41)45-25-13-5-2-6-14-25/h1,3-4,10-11,24-26,31H,2,5-9,12-22H2,(H,34,41)(H,35,42)(H,36,37). The molecule has 1 aromatic carbocycles. The van der Waals surface area contributed by atoms with E-state index >= 15 is 0 Å². The molecule has 0 heterocycles. The van der Waals surface area contributed by atoms with Gasteiger partial charge in [0, 0.05) is 18.8 Å². The van der Waals surface area contributed by atoms with Crippen molar-refractivity contribution in [2.45, 2.75) is 102 Å². The first-order chi connectivity index (χ1) is 22.7. The third-order valence-electron chi connectivity index (χ3n) is 7.92. The molecule has 2 amide bonds. The van der Waals surface area contributed by atoms with E-state index in [4.69, 9.17) is 28.8 Å². The Kier molecular flexibility index (Phi) is 16.3. The summed E-state index contributed by atoms with van der Waals surface area (Å²) in [6, 6.07) is 9.28. The number of nitrogens with one attached hydrogen (secondary N) is 2. The van der Waals surface area contributed by atoms with Gasteiger partial charge in [0.05, 0.1) is 13.2 Å². The van der Waals surface area contributed by atoms with E-state index < -0.39 is 54.8 Å². The van der Waals surface area contributed by atoms with E-state index in [1.165, 1.54) is 0 Å². The Labute approximate surface area is 274 Å². The minimum absolute atomic E-state index is 0.00915. The average Bonchev–Trinajstić information content (AvgIpc) is 3.06. The molecule has 14 nitrogen and oxygen atoms in total. The number of carboxylic acids is 1. The molecule has 2 aliphatic carbocycles. The quantitative estimate of drug-likeness (QED) is 0.122. The van der Waals surface area contributed by atoms with Crippen LogP contribution in [0.4, 0.5) is 9.59 Å². The number of carbonyl (C=O) groups excluding carboxylic acids is 5. The Morgan fingerprint density at radius 2 is 1.28 bits per heavy atom. The van der Waals surface area contributed by atoms with Crippen LogP contribution < -0.4 is 10.6 Å². The van der Waals surface area contributed by atoms with Crippen molar-refractivity contribution in [3.8, 4) is 0 Å². The van der Waals surface area contributed by atoms with Gasteiger partial charge in [-0.3, -0.25) is 19.2 Å². The highest BCUT2D eigenvalue weighted by Gasteiger charge is 2.33. The fraction of sp³-hybridized carbons (Fsp3) is 0.636. The SMILES string of the molecule is O=C(O)CCCOC(=O)CNC(=O)OC1CCCC(C(OC(=O)CCCOC(=O)CNC(=O)OC2CCCCC2)c2ccccc2)C1. The van der Waals surface area contributed by atoms with Gasteiger partial charge in [0.2, 0.25) is 0 Å². The molecule has 3 N–H and O–H groups in total. The minimum atomic E-state index is -0.990. The molecule has 1 aromatic rings. The van der Waals surface area contributed by atoms with Crippen molar-refractivity contribution in [3.05, 3.63) is 35.9 Å². The highest BCUT2D eigenvalue weighted by Crippen LogP contribution is 2.38. The van der Waals surface area contributed by atoms with E-state index in [1.54, 1.807) is 0 Å². The summed E-state index contributed by atoms with van der Waals surface area (Å²) in [5, 5.41) is 13.4. The van der Waals surface area contributed by atoms with E-state index in [-0.39, 0.29) is 57.5 Å². The number of amides is 2. The molecule has 47 heavy (non-hydrogen) atoms. The second kappa shape index (κ2) is 20.7. The second-order valence-corrected chi connectivity index (χ2v) is 11.7. The predicted molar refractivity (Wildman–Crippen MR) is 165 cm³/mol. The summed E-state index contributed by atoms with van der Waals surface area (Å²) < 4.78 is 26.8. The average molecular weight is 663 g/mol. The molecule has 260 valence electrons. The maximum atomic E-state index is 12.8. The van der Waals surface area contributed by atoms with E-state index in [0.717, 1.165) is 50.5 Å². The van der Waals surface area contributed by atoms with Crippen LogP contribution in [0.2, 0.25) is 0 Å². The molecule has 2 fully saturated rings. The largest absolute Gasteiger partial charge is 0.481 e. The summed E-state index contributed by atoms with van der Waals surface area (Å²) >= 11 is 0. The van der Waals surface area contributed by atoms with Gasteiger partial charge in [0.1, 0.15) is 31.4 Å². The van der Waals surface area contributed by atoms with Crippen molar-refractivity contribution < 1.29 is 57.6 Å². The van der Waals surface area contributed by atoms with Crippen LogP contribution in [0.5, 0.6) is 0 Å². The van der Waals surface area contributed by atoms with Crippen LogP contribution in [-0.4, -0.2) is 79.7 Å². The molecule has 0 bridgehead atoms. The number of hydrogen-bond donors (Lipinski definition) is 3. The van der Waals surface area contributed by atoms with Crippen molar-refractivity contribution in [2.24, 2.45) is 5.92 Å². The molecule has 0 spiro atoms. The zero-order valence-corrected chi connectivity index (χ0v) is 26.7. The molecular weight excluding hydrogens is 616 g/mol. The van der Waals surface area contributed by atoms with Crippen LogP contribution in [0.15, 0.2) is 30.3 Å². The van der Waals surface area contributed by atoms with Crippen LogP contribution >= 0.6 is 0 Å². The normalized spacial score (nSPS) is 18.6. The molecule has 0 aromatic heterocycles. The van der Waals surface area contributed by atoms with Crippen molar-refractivity contribution in [1.82, 2.24) is 10.6 Å². The minimum Gasteiger partial charge on any atom is -0.481 e. The number of benzene rings is 1. The lowest BCUT2D eigenvalue weighted by Gasteiger charge is -2.34. The molecule has 0 radical (unpaired) electrons. The number of esters is 3. The summed E-state index contributed by atoms with van der Waals surface area (Å²) in [4.78, 5) is 71.4. The second-order valence-electron chi connectivity index (χ2n) is 11.7. The molecule has 0 aliphatic heterocycles. The van der Waals surface area contributed by atoms with Gasteiger partial charge >= 0.3 is 36.1 Å². The van der Waals surface area contributed by atoms with Gasteiger partial charge < -0.3 is 39.4 Å². The molecule has 2 aliphatic rings. The first kappa shape index (κ1) is 37.1. The van der Waals surface area contributed by atoms with E-state index in [9.17, 15) is 28.8 Å². The number of ether oxygens (including phenoxy) is 5. The Balaban J connectivity index is 1.38. The van der Waals surface area contributed by atoms with Crippen molar-refractivity contribution in [3.63, 3.8) is 0 Å². The number of carboxylic acid groups (broad SMARTS) is 1. The number of aliphatic carboxylic acids is 1. The van der Waals surface area contributed by atoms with Gasteiger partial charge in [0.15, 0.2) is 0 Å². The topological polar surface area (TPSA) is 193 Å². The van der Waals surface area contributed by atoms with Crippen LogP contribution in [0.3, 0.4) is 0 Å². The van der Waals surface area contributed by atoms with Crippen molar-refractivity contribution >= 4 is 36.1 Å². The monoisotopic (exact) mass is 662 g/mol.